The van der Waals surface area contributed by atoms with Crippen LogP contribution in [0.15, 0.2) is 24.3 Å². The highest BCUT2D eigenvalue weighted by molar-refractivity contribution is 7.11. The minimum absolute atomic E-state index is 0.168. The number of thiazole rings is 1. The number of nitrogens with zero attached hydrogens (tertiary/aromatic N) is 1. The van der Waals surface area contributed by atoms with Crippen molar-refractivity contribution < 1.29 is 9.18 Å². The Hall–Kier alpha value is -1.55. The summed E-state index contributed by atoms with van der Waals surface area (Å²) in [5, 5.41) is 0.940. The molecule has 0 spiro atoms. The van der Waals surface area contributed by atoms with Gasteiger partial charge in [-0.05, 0) is 26.0 Å². The average Bonchev–Trinajstić information content (AvgIpc) is 2.66. The van der Waals surface area contributed by atoms with Gasteiger partial charge in [-0.2, -0.15) is 0 Å². The Bertz CT molecular complexity index is 557. The van der Waals surface area contributed by atoms with Crippen LogP contribution in [0.1, 0.15) is 32.4 Å². The van der Waals surface area contributed by atoms with Crippen LogP contribution in [-0.2, 0) is 6.42 Å². The minimum Gasteiger partial charge on any atom is -0.294 e. The summed E-state index contributed by atoms with van der Waals surface area (Å²) in [5.41, 5.74) is 1.18. The molecule has 2 rings (SSSR count). The van der Waals surface area contributed by atoms with Crippen LogP contribution in [0.25, 0.3) is 0 Å². The SMILES string of the molecule is Cc1nc(CCC(=O)c2ccccc2F)sc1C. The average molecular weight is 263 g/mol. The summed E-state index contributed by atoms with van der Waals surface area (Å²) in [4.78, 5) is 17.4. The fourth-order valence-electron chi connectivity index (χ4n) is 1.69. The van der Waals surface area contributed by atoms with E-state index in [1.807, 2.05) is 13.8 Å². The van der Waals surface area contributed by atoms with Crippen molar-refractivity contribution in [1.29, 1.82) is 0 Å². The van der Waals surface area contributed by atoms with Gasteiger partial charge >= 0.3 is 0 Å². The van der Waals surface area contributed by atoms with Crippen molar-refractivity contribution in [2.45, 2.75) is 26.7 Å². The number of aryl methyl sites for hydroxylation is 3. The molecular formula is C14H14FNOS. The molecule has 0 atom stereocenters. The van der Waals surface area contributed by atoms with Crippen molar-refractivity contribution in [2.24, 2.45) is 0 Å². The van der Waals surface area contributed by atoms with Crippen LogP contribution in [0, 0.1) is 19.7 Å². The van der Waals surface area contributed by atoms with Crippen LogP contribution < -0.4 is 0 Å². The zero-order valence-corrected chi connectivity index (χ0v) is 11.2. The van der Waals surface area contributed by atoms with E-state index in [9.17, 15) is 9.18 Å². The molecular weight excluding hydrogens is 249 g/mol. The van der Waals surface area contributed by atoms with E-state index in [0.29, 0.717) is 12.8 Å². The molecule has 4 heteroatoms. The number of hydrogen-bond donors (Lipinski definition) is 0. The lowest BCUT2D eigenvalue weighted by Crippen LogP contribution is -2.03. The molecule has 1 aromatic carbocycles. The van der Waals surface area contributed by atoms with Gasteiger partial charge in [0.05, 0.1) is 16.3 Å². The van der Waals surface area contributed by atoms with Gasteiger partial charge in [0.15, 0.2) is 5.78 Å². The third-order valence-corrected chi connectivity index (χ3v) is 3.95. The van der Waals surface area contributed by atoms with E-state index in [2.05, 4.69) is 4.98 Å². The van der Waals surface area contributed by atoms with Crippen molar-refractivity contribution in [3.05, 3.63) is 51.2 Å². The Morgan fingerprint density at radius 3 is 2.67 bits per heavy atom. The third kappa shape index (κ3) is 2.82. The first-order valence-corrected chi connectivity index (χ1v) is 6.60. The lowest BCUT2D eigenvalue weighted by Gasteiger charge is -2.00. The van der Waals surface area contributed by atoms with Crippen LogP contribution in [0.5, 0.6) is 0 Å². The van der Waals surface area contributed by atoms with Gasteiger partial charge in [0.2, 0.25) is 0 Å². The Morgan fingerprint density at radius 2 is 2.06 bits per heavy atom. The Morgan fingerprint density at radius 1 is 1.33 bits per heavy atom. The number of aromatic nitrogens is 1. The topological polar surface area (TPSA) is 30.0 Å². The number of halogens is 1. The number of ketones is 1. The third-order valence-electron chi connectivity index (χ3n) is 2.81. The maximum Gasteiger partial charge on any atom is 0.166 e. The van der Waals surface area contributed by atoms with Crippen LogP contribution >= 0.6 is 11.3 Å². The molecule has 94 valence electrons. The highest BCUT2D eigenvalue weighted by Gasteiger charge is 2.12. The molecule has 2 aromatic rings. The summed E-state index contributed by atoms with van der Waals surface area (Å²) >= 11 is 1.60. The van der Waals surface area contributed by atoms with E-state index in [1.54, 1.807) is 23.5 Å². The number of carbonyl (C=O) groups excluding carboxylic acids is 1. The zero-order valence-electron chi connectivity index (χ0n) is 10.4. The smallest absolute Gasteiger partial charge is 0.166 e. The molecule has 0 radical (unpaired) electrons. The molecule has 2 nitrogen and oxygen atoms in total. The Kier molecular flexibility index (Phi) is 3.87. The Balaban J connectivity index is 2.03. The van der Waals surface area contributed by atoms with Crippen molar-refractivity contribution in [2.75, 3.05) is 0 Å². The van der Waals surface area contributed by atoms with E-state index in [-0.39, 0.29) is 11.3 Å². The molecule has 0 aliphatic carbocycles. The monoisotopic (exact) mass is 263 g/mol. The molecule has 1 heterocycles. The number of hydrogen-bond acceptors (Lipinski definition) is 3. The summed E-state index contributed by atoms with van der Waals surface area (Å²) in [5.74, 6) is -0.618. The summed E-state index contributed by atoms with van der Waals surface area (Å²) in [6.07, 6.45) is 0.875. The molecule has 0 aliphatic heterocycles. The second kappa shape index (κ2) is 5.40. The highest BCUT2D eigenvalue weighted by Crippen LogP contribution is 2.19. The van der Waals surface area contributed by atoms with Gasteiger partial charge in [0.25, 0.3) is 0 Å². The summed E-state index contributed by atoms with van der Waals surface area (Å²) < 4.78 is 13.4. The molecule has 0 amide bonds. The van der Waals surface area contributed by atoms with Crippen LogP contribution in [0.3, 0.4) is 0 Å². The van der Waals surface area contributed by atoms with E-state index in [1.165, 1.54) is 17.0 Å². The van der Waals surface area contributed by atoms with Gasteiger partial charge in [-0.3, -0.25) is 4.79 Å². The number of carbonyl (C=O) groups is 1. The lowest BCUT2D eigenvalue weighted by molar-refractivity contribution is 0.0979. The molecule has 0 saturated carbocycles. The van der Waals surface area contributed by atoms with Crippen LogP contribution in [-0.4, -0.2) is 10.8 Å². The molecule has 1 aromatic heterocycles. The minimum atomic E-state index is -0.450. The predicted octanol–water partition coefficient (Wildman–Crippen LogP) is 3.71. The van der Waals surface area contributed by atoms with E-state index in [4.69, 9.17) is 0 Å². The standard InChI is InChI=1S/C14H14FNOS/c1-9-10(2)18-14(16-9)8-7-13(17)11-5-3-4-6-12(11)15/h3-6H,7-8H2,1-2H3. The quantitative estimate of drug-likeness (QED) is 0.787. The largest absolute Gasteiger partial charge is 0.294 e. The number of rotatable bonds is 4. The normalized spacial score (nSPS) is 10.6. The summed E-state index contributed by atoms with van der Waals surface area (Å²) in [6, 6.07) is 6.09. The fourth-order valence-corrected chi connectivity index (χ4v) is 2.62. The first-order chi connectivity index (χ1) is 8.58. The van der Waals surface area contributed by atoms with Crippen molar-refractivity contribution in [1.82, 2.24) is 4.98 Å². The lowest BCUT2D eigenvalue weighted by atomic mass is 10.1. The first kappa shape index (κ1) is 12.9. The van der Waals surface area contributed by atoms with E-state index >= 15 is 0 Å². The molecule has 0 unspecified atom stereocenters. The number of Topliss-reactive ketones (excluding diaryl/α,β-unsaturated/α-hetero) is 1. The molecule has 0 bridgehead atoms. The molecule has 0 aliphatic rings. The first-order valence-electron chi connectivity index (χ1n) is 5.78. The van der Waals surface area contributed by atoms with Crippen LogP contribution in [0.4, 0.5) is 4.39 Å². The van der Waals surface area contributed by atoms with Crippen molar-refractivity contribution in [3.63, 3.8) is 0 Å². The van der Waals surface area contributed by atoms with Gasteiger partial charge in [-0.15, -0.1) is 11.3 Å². The van der Waals surface area contributed by atoms with Gasteiger partial charge in [-0.25, -0.2) is 9.37 Å². The number of benzene rings is 1. The fraction of sp³-hybridized carbons (Fsp3) is 0.286. The van der Waals surface area contributed by atoms with Gasteiger partial charge < -0.3 is 0 Å². The van der Waals surface area contributed by atoms with E-state index < -0.39 is 5.82 Å². The molecule has 0 saturated heterocycles. The second-order valence-electron chi connectivity index (χ2n) is 4.15. The zero-order chi connectivity index (χ0) is 13.1. The van der Waals surface area contributed by atoms with Crippen molar-refractivity contribution in [3.8, 4) is 0 Å². The van der Waals surface area contributed by atoms with Gasteiger partial charge in [-0.1, -0.05) is 12.1 Å². The summed E-state index contributed by atoms with van der Waals surface area (Å²) in [7, 11) is 0. The van der Waals surface area contributed by atoms with Gasteiger partial charge in [0.1, 0.15) is 5.82 Å². The molecule has 0 fully saturated rings. The second-order valence-corrected chi connectivity index (χ2v) is 5.44. The van der Waals surface area contributed by atoms with E-state index in [0.717, 1.165) is 10.7 Å². The maximum atomic E-state index is 13.4. The maximum absolute atomic E-state index is 13.4. The van der Waals surface area contributed by atoms with Crippen molar-refractivity contribution >= 4 is 17.1 Å². The Labute approximate surface area is 110 Å². The van der Waals surface area contributed by atoms with Gasteiger partial charge in [0, 0.05) is 17.7 Å². The van der Waals surface area contributed by atoms with Crippen LogP contribution in [0.2, 0.25) is 0 Å². The molecule has 0 N–H and O–H groups in total. The summed E-state index contributed by atoms with van der Waals surface area (Å²) in [6.45, 7) is 3.96. The molecule has 18 heavy (non-hydrogen) atoms. The highest BCUT2D eigenvalue weighted by atomic mass is 32.1. The predicted molar refractivity (Wildman–Crippen MR) is 70.6 cm³/mol.